The predicted molar refractivity (Wildman–Crippen MR) is 61.9 cm³/mol. The van der Waals surface area contributed by atoms with E-state index in [-0.39, 0.29) is 18.2 Å². The van der Waals surface area contributed by atoms with Crippen LogP contribution in [0.4, 0.5) is 13.2 Å². The van der Waals surface area contributed by atoms with Crippen LogP contribution in [0.25, 0.3) is 0 Å². The van der Waals surface area contributed by atoms with E-state index in [2.05, 4.69) is 0 Å². The molecule has 0 radical (unpaired) electrons. The maximum absolute atomic E-state index is 12.4. The Kier molecular flexibility index (Phi) is 3.64. The Balaban J connectivity index is 2.07. The Morgan fingerprint density at radius 3 is 2.28 bits per heavy atom. The molecule has 0 aromatic heterocycles. The van der Waals surface area contributed by atoms with E-state index in [1.54, 1.807) is 0 Å². The van der Waals surface area contributed by atoms with E-state index in [4.69, 9.17) is 10.5 Å². The molecule has 2 rings (SSSR count). The van der Waals surface area contributed by atoms with E-state index in [0.717, 1.165) is 30.5 Å². The summed E-state index contributed by atoms with van der Waals surface area (Å²) in [6.45, 7) is 1.87. The van der Waals surface area contributed by atoms with Gasteiger partial charge in [-0.1, -0.05) is 12.1 Å². The van der Waals surface area contributed by atoms with Gasteiger partial charge in [-0.2, -0.15) is 13.2 Å². The van der Waals surface area contributed by atoms with Gasteiger partial charge in [-0.25, -0.2) is 0 Å². The molecule has 0 spiro atoms. The zero-order valence-corrected chi connectivity index (χ0v) is 10.1. The molecule has 0 aliphatic carbocycles. The van der Waals surface area contributed by atoms with E-state index in [1.165, 1.54) is 12.1 Å². The Bertz CT molecular complexity index is 400. The first-order valence-corrected chi connectivity index (χ1v) is 5.96. The lowest BCUT2D eigenvalue weighted by Crippen LogP contribution is -2.30. The van der Waals surface area contributed by atoms with Crippen LogP contribution in [0.5, 0.6) is 0 Å². The summed E-state index contributed by atoms with van der Waals surface area (Å²) in [6, 6.07) is 5.11. The summed E-state index contributed by atoms with van der Waals surface area (Å²) >= 11 is 0. The summed E-state index contributed by atoms with van der Waals surface area (Å²) in [5.41, 5.74) is 5.90. The van der Waals surface area contributed by atoms with Gasteiger partial charge in [0.2, 0.25) is 0 Å². The van der Waals surface area contributed by atoms with Crippen molar-refractivity contribution >= 4 is 0 Å². The van der Waals surface area contributed by atoms with Gasteiger partial charge in [-0.3, -0.25) is 0 Å². The molecule has 0 amide bonds. The Hall–Kier alpha value is -1.07. The SMILES string of the molecule is C[C@H](N)[C@@H]1CCC(c2ccc(C(F)(F)F)cc2)O1. The lowest BCUT2D eigenvalue weighted by atomic mass is 10.0. The Labute approximate surface area is 104 Å². The van der Waals surface area contributed by atoms with Crippen LogP contribution in [-0.2, 0) is 10.9 Å². The van der Waals surface area contributed by atoms with Crippen LogP contribution in [0.1, 0.15) is 37.0 Å². The molecule has 5 heteroatoms. The van der Waals surface area contributed by atoms with E-state index in [0.29, 0.717) is 0 Å². The summed E-state index contributed by atoms with van der Waals surface area (Å²) in [4.78, 5) is 0. The maximum atomic E-state index is 12.4. The second-order valence-electron chi connectivity index (χ2n) is 4.72. The average Bonchev–Trinajstić information content (AvgIpc) is 2.77. The normalized spacial score (nSPS) is 26.3. The van der Waals surface area contributed by atoms with Crippen LogP contribution in [0.3, 0.4) is 0 Å². The molecule has 1 aliphatic heterocycles. The van der Waals surface area contributed by atoms with Crippen molar-refractivity contribution in [2.75, 3.05) is 0 Å². The summed E-state index contributed by atoms with van der Waals surface area (Å²) in [5, 5.41) is 0. The zero-order valence-electron chi connectivity index (χ0n) is 10.1. The highest BCUT2D eigenvalue weighted by Crippen LogP contribution is 2.35. The minimum absolute atomic E-state index is 0.00251. The number of ether oxygens (including phenoxy) is 1. The molecule has 1 aromatic rings. The van der Waals surface area contributed by atoms with Crippen LogP contribution in [-0.4, -0.2) is 12.1 Å². The van der Waals surface area contributed by atoms with Crippen molar-refractivity contribution in [3.63, 3.8) is 0 Å². The second-order valence-corrected chi connectivity index (χ2v) is 4.72. The molecule has 2 N–H and O–H groups in total. The van der Waals surface area contributed by atoms with Crippen LogP contribution >= 0.6 is 0 Å². The number of alkyl halides is 3. The van der Waals surface area contributed by atoms with Crippen molar-refractivity contribution in [2.45, 2.75) is 44.2 Å². The monoisotopic (exact) mass is 259 g/mol. The first kappa shape index (κ1) is 13.4. The molecule has 1 saturated heterocycles. The van der Waals surface area contributed by atoms with Gasteiger partial charge >= 0.3 is 6.18 Å². The number of halogens is 3. The minimum Gasteiger partial charge on any atom is -0.369 e. The van der Waals surface area contributed by atoms with Crippen LogP contribution in [0.2, 0.25) is 0 Å². The first-order valence-electron chi connectivity index (χ1n) is 5.96. The minimum atomic E-state index is -4.29. The fraction of sp³-hybridized carbons (Fsp3) is 0.538. The highest BCUT2D eigenvalue weighted by molar-refractivity contribution is 5.26. The number of hydrogen-bond donors (Lipinski definition) is 1. The lowest BCUT2D eigenvalue weighted by molar-refractivity contribution is -0.137. The summed E-state index contributed by atoms with van der Waals surface area (Å²) in [7, 11) is 0. The highest BCUT2D eigenvalue weighted by Gasteiger charge is 2.32. The molecule has 2 nitrogen and oxygen atoms in total. The fourth-order valence-electron chi connectivity index (χ4n) is 2.18. The third-order valence-corrected chi connectivity index (χ3v) is 3.25. The topological polar surface area (TPSA) is 35.2 Å². The molecular formula is C13H16F3NO. The van der Waals surface area contributed by atoms with Gasteiger partial charge in [-0.15, -0.1) is 0 Å². The van der Waals surface area contributed by atoms with Gasteiger partial charge < -0.3 is 10.5 Å². The smallest absolute Gasteiger partial charge is 0.369 e. The van der Waals surface area contributed by atoms with Crippen molar-refractivity contribution in [2.24, 2.45) is 5.73 Å². The van der Waals surface area contributed by atoms with E-state index < -0.39 is 11.7 Å². The van der Waals surface area contributed by atoms with Gasteiger partial charge in [0.05, 0.1) is 17.8 Å². The second kappa shape index (κ2) is 4.90. The zero-order chi connectivity index (χ0) is 13.3. The highest BCUT2D eigenvalue weighted by atomic mass is 19.4. The molecule has 3 atom stereocenters. The molecule has 1 heterocycles. The molecule has 100 valence electrons. The van der Waals surface area contributed by atoms with Gasteiger partial charge in [0.15, 0.2) is 0 Å². The quantitative estimate of drug-likeness (QED) is 0.884. The average molecular weight is 259 g/mol. The van der Waals surface area contributed by atoms with Crippen LogP contribution in [0.15, 0.2) is 24.3 Å². The summed E-state index contributed by atoms with van der Waals surface area (Å²) in [6.07, 6.45) is -2.77. The van der Waals surface area contributed by atoms with Gasteiger partial charge in [0, 0.05) is 6.04 Å². The number of nitrogens with two attached hydrogens (primary N) is 1. The maximum Gasteiger partial charge on any atom is 0.416 e. The van der Waals surface area contributed by atoms with Gasteiger partial charge in [-0.05, 0) is 37.5 Å². The largest absolute Gasteiger partial charge is 0.416 e. The summed E-state index contributed by atoms with van der Waals surface area (Å²) in [5.74, 6) is 0. The predicted octanol–water partition coefficient (Wildman–Crippen LogP) is 3.27. The third kappa shape index (κ3) is 2.84. The van der Waals surface area contributed by atoms with Crippen molar-refractivity contribution in [3.05, 3.63) is 35.4 Å². The Morgan fingerprint density at radius 2 is 1.83 bits per heavy atom. The molecule has 0 bridgehead atoms. The third-order valence-electron chi connectivity index (χ3n) is 3.25. The number of rotatable bonds is 2. The van der Waals surface area contributed by atoms with Crippen molar-refractivity contribution in [1.82, 2.24) is 0 Å². The molecule has 0 saturated carbocycles. The van der Waals surface area contributed by atoms with Crippen molar-refractivity contribution in [1.29, 1.82) is 0 Å². The fourth-order valence-corrected chi connectivity index (χ4v) is 2.18. The molecule has 18 heavy (non-hydrogen) atoms. The first-order chi connectivity index (χ1) is 8.38. The Morgan fingerprint density at radius 1 is 1.22 bits per heavy atom. The van der Waals surface area contributed by atoms with Crippen molar-refractivity contribution in [3.8, 4) is 0 Å². The van der Waals surface area contributed by atoms with Crippen LogP contribution in [0, 0.1) is 0 Å². The molecule has 1 fully saturated rings. The molecule has 1 aliphatic rings. The number of hydrogen-bond acceptors (Lipinski definition) is 2. The van der Waals surface area contributed by atoms with E-state index in [1.807, 2.05) is 6.92 Å². The van der Waals surface area contributed by atoms with Gasteiger partial charge in [0.25, 0.3) is 0 Å². The molecule has 1 aromatic carbocycles. The molecule has 1 unspecified atom stereocenters. The number of benzene rings is 1. The lowest BCUT2D eigenvalue weighted by Gasteiger charge is -2.17. The van der Waals surface area contributed by atoms with E-state index in [9.17, 15) is 13.2 Å². The summed E-state index contributed by atoms with van der Waals surface area (Å²) < 4.78 is 43.0. The standard InChI is InChI=1S/C13H16F3NO/c1-8(17)11-6-7-12(18-11)9-2-4-10(5-3-9)13(14,15)16/h2-5,8,11-12H,6-7,17H2,1H3/t8-,11-,12?/m0/s1. The molecular weight excluding hydrogens is 243 g/mol. The van der Waals surface area contributed by atoms with E-state index >= 15 is 0 Å². The van der Waals surface area contributed by atoms with Gasteiger partial charge in [0.1, 0.15) is 0 Å². The van der Waals surface area contributed by atoms with Crippen LogP contribution < -0.4 is 5.73 Å². The van der Waals surface area contributed by atoms with Crippen molar-refractivity contribution < 1.29 is 17.9 Å².